The second-order valence-electron chi connectivity index (χ2n) is 6.18. The van der Waals surface area contributed by atoms with Gasteiger partial charge in [0.25, 0.3) is 5.91 Å². The van der Waals surface area contributed by atoms with E-state index in [4.69, 9.17) is 26.8 Å². The van der Waals surface area contributed by atoms with Gasteiger partial charge in [0.2, 0.25) is 0 Å². The Labute approximate surface area is 145 Å². The summed E-state index contributed by atoms with van der Waals surface area (Å²) in [4.78, 5) is 15.7. The molecule has 1 aromatic carbocycles. The van der Waals surface area contributed by atoms with Crippen LogP contribution in [0.5, 0.6) is 0 Å². The minimum absolute atomic E-state index is 0.0478. The number of aromatic amines is 1. The van der Waals surface area contributed by atoms with Crippen molar-refractivity contribution in [2.75, 3.05) is 14.2 Å². The quantitative estimate of drug-likeness (QED) is 0.786. The highest BCUT2D eigenvalue weighted by molar-refractivity contribution is 6.31. The minimum Gasteiger partial charge on any atom is -0.379 e. The highest BCUT2D eigenvalue weighted by atomic mass is 35.5. The number of aromatic nitrogens is 1. The Bertz CT molecular complexity index is 733. The number of carbonyl (C=O) groups excluding carboxylic acids is 1. The summed E-state index contributed by atoms with van der Waals surface area (Å²) in [6, 6.07) is 6.91. The van der Waals surface area contributed by atoms with Gasteiger partial charge in [0.1, 0.15) is 5.69 Å². The standard InChI is InChI=1S/C17H22ClN3O3/c1-23-15-7-11(19)13(8-16(15)24-2)21-17(22)14-6-9-5-10(18)3-4-12(9)20-14/h3-6,11,13,15-16,20H,7-8,19H2,1-2H3,(H,21,22)/t11?,13?,15?,16-/m1/s1. The first kappa shape index (κ1) is 17.2. The van der Waals surface area contributed by atoms with Crippen LogP contribution < -0.4 is 11.1 Å². The number of ether oxygens (including phenoxy) is 2. The first-order chi connectivity index (χ1) is 11.5. The molecule has 3 unspecified atom stereocenters. The van der Waals surface area contributed by atoms with Gasteiger partial charge >= 0.3 is 0 Å². The van der Waals surface area contributed by atoms with E-state index in [-0.39, 0.29) is 30.2 Å². The number of carbonyl (C=O) groups is 1. The van der Waals surface area contributed by atoms with E-state index in [1.54, 1.807) is 26.4 Å². The zero-order valence-corrected chi connectivity index (χ0v) is 14.5. The Kier molecular flexibility index (Phi) is 5.10. The summed E-state index contributed by atoms with van der Waals surface area (Å²) in [6.07, 6.45) is 1.13. The lowest BCUT2D eigenvalue weighted by molar-refractivity contribution is -0.0684. The van der Waals surface area contributed by atoms with Crippen LogP contribution in [0.2, 0.25) is 5.02 Å². The van der Waals surface area contributed by atoms with Crippen molar-refractivity contribution in [3.8, 4) is 0 Å². The van der Waals surface area contributed by atoms with Gasteiger partial charge in [-0.15, -0.1) is 0 Å². The summed E-state index contributed by atoms with van der Waals surface area (Å²) in [7, 11) is 3.30. The predicted molar refractivity (Wildman–Crippen MR) is 93.4 cm³/mol. The molecule has 1 amide bonds. The number of amides is 1. The number of rotatable bonds is 4. The van der Waals surface area contributed by atoms with E-state index in [0.717, 1.165) is 10.9 Å². The molecule has 0 bridgehead atoms. The summed E-state index contributed by atoms with van der Waals surface area (Å²) in [6.45, 7) is 0. The Morgan fingerprint density at radius 2 is 1.96 bits per heavy atom. The first-order valence-electron chi connectivity index (χ1n) is 7.92. The summed E-state index contributed by atoms with van der Waals surface area (Å²) < 4.78 is 10.9. The van der Waals surface area contributed by atoms with Crippen LogP contribution in [0.15, 0.2) is 24.3 Å². The van der Waals surface area contributed by atoms with Gasteiger partial charge in [-0.1, -0.05) is 11.6 Å². The zero-order chi connectivity index (χ0) is 17.3. The van der Waals surface area contributed by atoms with Crippen LogP contribution in [0.1, 0.15) is 23.3 Å². The lowest BCUT2D eigenvalue weighted by Gasteiger charge is -2.38. The lowest BCUT2D eigenvalue weighted by Crippen LogP contribution is -2.57. The number of hydrogen-bond acceptors (Lipinski definition) is 4. The maximum absolute atomic E-state index is 12.6. The van der Waals surface area contributed by atoms with E-state index in [9.17, 15) is 4.79 Å². The molecule has 3 rings (SSSR count). The Morgan fingerprint density at radius 1 is 1.25 bits per heavy atom. The van der Waals surface area contributed by atoms with E-state index in [2.05, 4.69) is 10.3 Å². The van der Waals surface area contributed by atoms with Gasteiger partial charge < -0.3 is 25.5 Å². The molecule has 1 heterocycles. The van der Waals surface area contributed by atoms with Crippen LogP contribution in [-0.2, 0) is 9.47 Å². The molecule has 0 saturated heterocycles. The molecule has 6 nitrogen and oxygen atoms in total. The Morgan fingerprint density at radius 3 is 2.67 bits per heavy atom. The van der Waals surface area contributed by atoms with Crippen LogP contribution in [0.3, 0.4) is 0 Å². The smallest absolute Gasteiger partial charge is 0.268 e. The third kappa shape index (κ3) is 3.42. The maximum atomic E-state index is 12.6. The fourth-order valence-corrected chi connectivity index (χ4v) is 3.48. The van der Waals surface area contributed by atoms with Gasteiger partial charge in [-0.3, -0.25) is 4.79 Å². The van der Waals surface area contributed by atoms with E-state index < -0.39 is 0 Å². The van der Waals surface area contributed by atoms with Crippen LogP contribution in [0.25, 0.3) is 10.9 Å². The van der Waals surface area contributed by atoms with E-state index in [0.29, 0.717) is 23.6 Å². The number of halogens is 1. The van der Waals surface area contributed by atoms with Crippen molar-refractivity contribution in [3.63, 3.8) is 0 Å². The van der Waals surface area contributed by atoms with Crippen molar-refractivity contribution in [1.82, 2.24) is 10.3 Å². The first-order valence-corrected chi connectivity index (χ1v) is 8.30. The number of fused-ring (bicyclic) bond motifs is 1. The molecule has 1 aliphatic carbocycles. The van der Waals surface area contributed by atoms with Crippen molar-refractivity contribution in [2.24, 2.45) is 5.73 Å². The number of methoxy groups -OCH3 is 2. The fourth-order valence-electron chi connectivity index (χ4n) is 3.30. The molecular weight excluding hydrogens is 330 g/mol. The predicted octanol–water partition coefficient (Wildman–Crippen LogP) is 2.07. The number of hydrogen-bond donors (Lipinski definition) is 3. The lowest BCUT2D eigenvalue weighted by atomic mass is 9.86. The van der Waals surface area contributed by atoms with E-state index in [1.165, 1.54) is 0 Å². The molecule has 24 heavy (non-hydrogen) atoms. The summed E-state index contributed by atoms with van der Waals surface area (Å²) in [5.41, 5.74) is 7.56. The van der Waals surface area contributed by atoms with Crippen molar-refractivity contribution in [2.45, 2.75) is 37.1 Å². The van der Waals surface area contributed by atoms with Crippen LogP contribution in [-0.4, -0.2) is 49.4 Å². The van der Waals surface area contributed by atoms with Gasteiger partial charge in [-0.05, 0) is 37.1 Å². The van der Waals surface area contributed by atoms with Crippen molar-refractivity contribution < 1.29 is 14.3 Å². The molecule has 0 radical (unpaired) electrons. The molecule has 4 N–H and O–H groups in total. The second kappa shape index (κ2) is 7.11. The molecule has 4 atom stereocenters. The molecule has 1 aliphatic rings. The van der Waals surface area contributed by atoms with Gasteiger partial charge in [0.15, 0.2) is 0 Å². The summed E-state index contributed by atoms with van der Waals surface area (Å²) in [5.74, 6) is -0.187. The minimum atomic E-state index is -0.187. The number of nitrogens with one attached hydrogen (secondary N) is 2. The van der Waals surface area contributed by atoms with E-state index >= 15 is 0 Å². The zero-order valence-electron chi connectivity index (χ0n) is 13.7. The van der Waals surface area contributed by atoms with Crippen LogP contribution >= 0.6 is 11.6 Å². The SMILES string of the molecule is COC1CC(N)C(NC(=O)c2cc3cc(Cl)ccc3[nH]2)C[C@H]1OC. The molecule has 0 spiro atoms. The molecule has 1 fully saturated rings. The molecule has 0 aliphatic heterocycles. The van der Waals surface area contributed by atoms with E-state index in [1.807, 2.05) is 12.1 Å². The normalized spacial score (nSPS) is 27.3. The third-order valence-electron chi connectivity index (χ3n) is 4.67. The number of benzene rings is 1. The largest absolute Gasteiger partial charge is 0.379 e. The van der Waals surface area contributed by atoms with Crippen LogP contribution in [0, 0.1) is 0 Å². The van der Waals surface area contributed by atoms with Crippen molar-refractivity contribution >= 4 is 28.4 Å². The van der Waals surface area contributed by atoms with Crippen molar-refractivity contribution in [3.05, 3.63) is 35.0 Å². The van der Waals surface area contributed by atoms with Gasteiger partial charge in [-0.2, -0.15) is 0 Å². The second-order valence-corrected chi connectivity index (χ2v) is 6.61. The number of H-pyrrole nitrogens is 1. The van der Waals surface area contributed by atoms with Gasteiger partial charge in [0, 0.05) is 42.2 Å². The maximum Gasteiger partial charge on any atom is 0.268 e. The summed E-state index contributed by atoms with van der Waals surface area (Å²) >= 11 is 5.98. The average molecular weight is 352 g/mol. The molecule has 130 valence electrons. The fraction of sp³-hybridized carbons (Fsp3) is 0.471. The monoisotopic (exact) mass is 351 g/mol. The molecule has 1 aromatic heterocycles. The Balaban J connectivity index is 1.73. The molecular formula is C17H22ClN3O3. The van der Waals surface area contributed by atoms with Gasteiger partial charge in [0.05, 0.1) is 12.2 Å². The Hall–Kier alpha value is -1.60. The average Bonchev–Trinajstić information content (AvgIpc) is 2.99. The number of nitrogens with two attached hydrogens (primary N) is 1. The summed E-state index contributed by atoms with van der Waals surface area (Å²) in [5, 5.41) is 4.54. The third-order valence-corrected chi connectivity index (χ3v) is 4.91. The molecule has 7 heteroatoms. The molecule has 1 saturated carbocycles. The topological polar surface area (TPSA) is 89.4 Å². The highest BCUT2D eigenvalue weighted by Crippen LogP contribution is 2.24. The van der Waals surface area contributed by atoms with Gasteiger partial charge in [-0.25, -0.2) is 0 Å². The van der Waals surface area contributed by atoms with Crippen molar-refractivity contribution in [1.29, 1.82) is 0 Å². The molecule has 2 aromatic rings. The highest BCUT2D eigenvalue weighted by Gasteiger charge is 2.36. The van der Waals surface area contributed by atoms with Crippen LogP contribution in [0.4, 0.5) is 0 Å².